The molecule has 0 bridgehead atoms. The number of cyclic esters (lactones) is 1. The summed E-state index contributed by atoms with van der Waals surface area (Å²) in [6.45, 7) is 4.68. The number of carbonyl (C=O) groups is 2. The number of nitrogens with zero attached hydrogens (tertiary/aromatic N) is 2. The van der Waals surface area contributed by atoms with Crippen LogP contribution in [-0.4, -0.2) is 41.0 Å². The van der Waals surface area contributed by atoms with Crippen LogP contribution in [0.25, 0.3) is 16.6 Å². The average molecular weight is 362 g/mol. The van der Waals surface area contributed by atoms with Gasteiger partial charge in [0.15, 0.2) is 0 Å². The van der Waals surface area contributed by atoms with E-state index in [1.807, 2.05) is 44.2 Å². The van der Waals surface area contributed by atoms with Crippen molar-refractivity contribution in [3.8, 4) is 5.75 Å². The van der Waals surface area contributed by atoms with Gasteiger partial charge in [-0.1, -0.05) is 12.1 Å². The van der Waals surface area contributed by atoms with Crippen LogP contribution in [0, 0.1) is 5.92 Å². The monoisotopic (exact) mass is 362 g/mol. The van der Waals surface area contributed by atoms with Gasteiger partial charge in [0.2, 0.25) is 0 Å². The molecule has 0 radical (unpaired) electrons. The normalized spacial score (nSPS) is 23.3. The van der Waals surface area contributed by atoms with Crippen molar-refractivity contribution >= 4 is 28.5 Å². The summed E-state index contributed by atoms with van der Waals surface area (Å²) < 4.78 is 11.2. The zero-order valence-corrected chi connectivity index (χ0v) is 15.1. The number of para-hydroxylation sites is 1. The average Bonchev–Trinajstić information content (AvgIpc) is 2.92. The van der Waals surface area contributed by atoms with Crippen molar-refractivity contribution in [2.45, 2.75) is 20.0 Å². The lowest BCUT2D eigenvalue weighted by atomic mass is 9.87. The van der Waals surface area contributed by atoms with Crippen LogP contribution >= 0.6 is 0 Å². The lowest BCUT2D eigenvalue weighted by molar-refractivity contribution is -0.145. The summed E-state index contributed by atoms with van der Waals surface area (Å²) in [4.78, 5) is 31.5. The van der Waals surface area contributed by atoms with Crippen LogP contribution in [0.4, 0.5) is 0 Å². The summed E-state index contributed by atoms with van der Waals surface area (Å²) in [5, 5.41) is 0.829. The van der Waals surface area contributed by atoms with Crippen molar-refractivity contribution in [3.63, 3.8) is 0 Å². The number of esters is 1. The first kappa shape index (κ1) is 16.1. The fourth-order valence-electron chi connectivity index (χ4n) is 4.13. The lowest BCUT2D eigenvalue weighted by Crippen LogP contribution is -2.41. The largest absolute Gasteiger partial charge is 0.492 e. The van der Waals surface area contributed by atoms with Crippen molar-refractivity contribution in [1.82, 2.24) is 9.88 Å². The number of rotatable bonds is 2. The standard InChI is InChI=1S/C21H18N2O4/c1-3-26-20-13-6-4-5-7-15(13)22-19-16-8-12-9-17(24)27-11(2)14(12)10-23(16)21(25)18(19)20/h4-9,11,14H,3,10H2,1-2H3/t11-,14?/m0/s1. The van der Waals surface area contributed by atoms with Crippen LogP contribution < -0.4 is 4.74 Å². The summed E-state index contributed by atoms with van der Waals surface area (Å²) in [7, 11) is 0. The van der Waals surface area contributed by atoms with E-state index in [-0.39, 0.29) is 23.9 Å². The number of allylic oxidation sites excluding steroid dienone is 1. The van der Waals surface area contributed by atoms with Gasteiger partial charge in [-0.05, 0) is 37.6 Å². The Morgan fingerprint density at radius 2 is 2.07 bits per heavy atom. The molecule has 1 aromatic carbocycles. The molecule has 27 heavy (non-hydrogen) atoms. The minimum absolute atomic E-state index is 0.0327. The zero-order valence-electron chi connectivity index (χ0n) is 15.1. The van der Waals surface area contributed by atoms with Gasteiger partial charge in [0, 0.05) is 23.9 Å². The molecular formula is C21H18N2O4. The Morgan fingerprint density at radius 1 is 1.26 bits per heavy atom. The molecule has 0 saturated carbocycles. The van der Waals surface area contributed by atoms with E-state index in [1.165, 1.54) is 6.08 Å². The molecule has 0 aliphatic carbocycles. The molecule has 136 valence electrons. The molecule has 2 aromatic rings. The van der Waals surface area contributed by atoms with Crippen molar-refractivity contribution in [2.24, 2.45) is 5.92 Å². The number of fused-ring (bicyclic) bond motifs is 5. The molecule has 0 spiro atoms. The quantitative estimate of drug-likeness (QED) is 0.769. The summed E-state index contributed by atoms with van der Waals surface area (Å²) in [5.74, 6) is 0.0941. The predicted octanol–water partition coefficient (Wildman–Crippen LogP) is 2.93. The number of hydrogen-bond donors (Lipinski definition) is 0. The Hall–Kier alpha value is -3.15. The van der Waals surface area contributed by atoms with Crippen molar-refractivity contribution in [1.29, 1.82) is 0 Å². The molecule has 0 fully saturated rings. The minimum atomic E-state index is -0.343. The maximum Gasteiger partial charge on any atom is 0.331 e. The van der Waals surface area contributed by atoms with E-state index in [9.17, 15) is 9.59 Å². The van der Waals surface area contributed by atoms with Gasteiger partial charge in [0.1, 0.15) is 23.1 Å². The van der Waals surface area contributed by atoms with Gasteiger partial charge in [0.25, 0.3) is 5.91 Å². The van der Waals surface area contributed by atoms with Gasteiger partial charge in [0.05, 0.1) is 17.8 Å². The molecule has 2 atom stereocenters. The van der Waals surface area contributed by atoms with Crippen LogP contribution in [0.5, 0.6) is 5.75 Å². The summed E-state index contributed by atoms with van der Waals surface area (Å²) in [6, 6.07) is 7.66. The topological polar surface area (TPSA) is 68.7 Å². The van der Waals surface area contributed by atoms with Crippen LogP contribution in [-0.2, 0) is 9.53 Å². The Labute approximate surface area is 156 Å². The van der Waals surface area contributed by atoms with Crippen molar-refractivity contribution in [2.75, 3.05) is 13.2 Å². The molecule has 3 aliphatic heterocycles. The molecule has 0 saturated heterocycles. The first-order chi connectivity index (χ1) is 13.1. The number of amides is 1. The highest BCUT2D eigenvalue weighted by atomic mass is 16.5. The molecule has 6 heteroatoms. The van der Waals surface area contributed by atoms with E-state index >= 15 is 0 Å². The highest BCUT2D eigenvalue weighted by molar-refractivity contribution is 6.14. The van der Waals surface area contributed by atoms with Crippen LogP contribution in [0.1, 0.15) is 29.9 Å². The molecule has 3 aliphatic rings. The molecule has 0 N–H and O–H groups in total. The van der Waals surface area contributed by atoms with E-state index in [2.05, 4.69) is 0 Å². The Balaban J connectivity index is 1.76. The fraction of sp³-hybridized carbons (Fsp3) is 0.286. The fourth-order valence-corrected chi connectivity index (χ4v) is 4.13. The van der Waals surface area contributed by atoms with Crippen molar-refractivity contribution in [3.05, 3.63) is 53.2 Å². The first-order valence-corrected chi connectivity index (χ1v) is 9.10. The van der Waals surface area contributed by atoms with E-state index in [1.54, 1.807) is 4.90 Å². The summed E-state index contributed by atoms with van der Waals surface area (Å²) in [6.07, 6.45) is 3.14. The smallest absolute Gasteiger partial charge is 0.331 e. The van der Waals surface area contributed by atoms with E-state index in [4.69, 9.17) is 14.5 Å². The van der Waals surface area contributed by atoms with Gasteiger partial charge in [-0.15, -0.1) is 0 Å². The van der Waals surface area contributed by atoms with Crippen LogP contribution in [0.2, 0.25) is 0 Å². The van der Waals surface area contributed by atoms with E-state index in [0.717, 1.165) is 22.2 Å². The predicted molar refractivity (Wildman–Crippen MR) is 99.1 cm³/mol. The SMILES string of the molecule is CCOc1c2c(nc3ccccc13)C1=CC3=CC(=O)O[C@@H](C)C3CN1C2=O. The third-order valence-electron chi connectivity index (χ3n) is 5.39. The zero-order chi connectivity index (χ0) is 18.7. The van der Waals surface area contributed by atoms with Crippen LogP contribution in [0.3, 0.4) is 0 Å². The maximum absolute atomic E-state index is 13.3. The minimum Gasteiger partial charge on any atom is -0.492 e. The van der Waals surface area contributed by atoms with Gasteiger partial charge in [-0.2, -0.15) is 0 Å². The molecule has 1 unspecified atom stereocenters. The molecule has 6 nitrogen and oxygen atoms in total. The highest BCUT2D eigenvalue weighted by Crippen LogP contribution is 2.45. The first-order valence-electron chi connectivity index (χ1n) is 9.10. The Bertz CT molecular complexity index is 1070. The number of ether oxygens (including phenoxy) is 2. The third-order valence-corrected chi connectivity index (χ3v) is 5.39. The van der Waals surface area contributed by atoms with Gasteiger partial charge in [-0.25, -0.2) is 9.78 Å². The number of aromatic nitrogens is 1. The van der Waals surface area contributed by atoms with Crippen molar-refractivity contribution < 1.29 is 19.1 Å². The van der Waals surface area contributed by atoms with Crippen LogP contribution in [0.15, 0.2) is 42.0 Å². The molecule has 1 aromatic heterocycles. The van der Waals surface area contributed by atoms with E-state index < -0.39 is 0 Å². The molecule has 4 heterocycles. The number of benzene rings is 1. The van der Waals surface area contributed by atoms with E-state index in [0.29, 0.717) is 30.2 Å². The number of pyridine rings is 1. The lowest BCUT2D eigenvalue weighted by Gasteiger charge is -2.36. The summed E-state index contributed by atoms with van der Waals surface area (Å²) >= 11 is 0. The second-order valence-electron chi connectivity index (χ2n) is 6.95. The molecule has 1 amide bonds. The van der Waals surface area contributed by atoms with Gasteiger partial charge < -0.3 is 14.4 Å². The third kappa shape index (κ3) is 2.22. The Morgan fingerprint density at radius 3 is 2.89 bits per heavy atom. The highest BCUT2D eigenvalue weighted by Gasteiger charge is 2.44. The van der Waals surface area contributed by atoms with Gasteiger partial charge in [-0.3, -0.25) is 4.79 Å². The maximum atomic E-state index is 13.3. The molecular weight excluding hydrogens is 344 g/mol. The summed E-state index contributed by atoms with van der Waals surface area (Å²) in [5.41, 5.74) is 3.52. The molecule has 5 rings (SSSR count). The number of hydrogen-bond acceptors (Lipinski definition) is 5. The Kier molecular flexibility index (Phi) is 3.37. The second kappa shape index (κ2) is 5.67. The van der Waals surface area contributed by atoms with Gasteiger partial charge >= 0.3 is 5.97 Å². The number of carbonyl (C=O) groups excluding carboxylic acids is 2. The second-order valence-corrected chi connectivity index (χ2v) is 6.95.